The van der Waals surface area contributed by atoms with Gasteiger partial charge in [0, 0.05) is 15.4 Å². The first-order chi connectivity index (χ1) is 7.99. The number of hydrogen-bond acceptors (Lipinski definition) is 1. The SMILES string of the molecule is CC(C)Cc1c(Cl)nc2ccc(Br)cc2c1Cl. The van der Waals surface area contributed by atoms with Crippen LogP contribution in [0.5, 0.6) is 0 Å². The molecule has 2 aromatic rings. The van der Waals surface area contributed by atoms with E-state index in [1.165, 1.54) is 0 Å². The fraction of sp³-hybridized carbons (Fsp3) is 0.308. The van der Waals surface area contributed by atoms with E-state index in [4.69, 9.17) is 23.2 Å². The quantitative estimate of drug-likeness (QED) is 0.661. The molecule has 0 N–H and O–H groups in total. The average Bonchev–Trinajstić information content (AvgIpc) is 2.25. The van der Waals surface area contributed by atoms with Crippen LogP contribution in [-0.4, -0.2) is 4.98 Å². The summed E-state index contributed by atoms with van der Waals surface area (Å²) in [4.78, 5) is 4.39. The van der Waals surface area contributed by atoms with Crippen LogP contribution in [0.3, 0.4) is 0 Å². The van der Waals surface area contributed by atoms with E-state index in [-0.39, 0.29) is 0 Å². The molecule has 1 aromatic heterocycles. The first kappa shape index (κ1) is 13.1. The van der Waals surface area contributed by atoms with Crippen LogP contribution in [0.2, 0.25) is 10.2 Å². The van der Waals surface area contributed by atoms with E-state index >= 15 is 0 Å². The zero-order valence-electron chi connectivity index (χ0n) is 9.60. The molecule has 0 unspecified atom stereocenters. The molecule has 0 aliphatic rings. The second-order valence-corrected chi connectivity index (χ2v) is 6.11. The molecule has 0 aliphatic heterocycles. The standard InChI is InChI=1S/C13H12BrCl2N/c1-7(2)5-10-12(15)9-6-8(14)3-4-11(9)17-13(10)16/h3-4,6-7H,5H2,1-2H3. The Morgan fingerprint density at radius 2 is 2.00 bits per heavy atom. The third-order valence-electron chi connectivity index (χ3n) is 2.54. The molecule has 90 valence electrons. The summed E-state index contributed by atoms with van der Waals surface area (Å²) in [5.41, 5.74) is 1.77. The van der Waals surface area contributed by atoms with Crippen molar-refractivity contribution in [2.75, 3.05) is 0 Å². The van der Waals surface area contributed by atoms with Gasteiger partial charge in [-0.15, -0.1) is 0 Å². The van der Waals surface area contributed by atoms with E-state index in [0.717, 1.165) is 32.4 Å². The lowest BCUT2D eigenvalue weighted by atomic mass is 10.0. The molecule has 0 saturated heterocycles. The van der Waals surface area contributed by atoms with Gasteiger partial charge in [-0.2, -0.15) is 0 Å². The van der Waals surface area contributed by atoms with Crippen molar-refractivity contribution in [1.29, 1.82) is 0 Å². The number of hydrogen-bond donors (Lipinski definition) is 0. The van der Waals surface area contributed by atoms with E-state index in [9.17, 15) is 0 Å². The lowest BCUT2D eigenvalue weighted by molar-refractivity contribution is 0.646. The van der Waals surface area contributed by atoms with Crippen LogP contribution >= 0.6 is 39.1 Å². The lowest BCUT2D eigenvalue weighted by Crippen LogP contribution is -1.98. The molecule has 17 heavy (non-hydrogen) atoms. The van der Waals surface area contributed by atoms with Gasteiger partial charge < -0.3 is 0 Å². The highest BCUT2D eigenvalue weighted by Crippen LogP contribution is 2.33. The molecular weight excluding hydrogens is 321 g/mol. The third-order valence-corrected chi connectivity index (χ3v) is 3.78. The van der Waals surface area contributed by atoms with E-state index in [0.29, 0.717) is 11.1 Å². The van der Waals surface area contributed by atoms with Gasteiger partial charge in [-0.1, -0.05) is 53.0 Å². The molecule has 0 amide bonds. The fourth-order valence-corrected chi connectivity index (χ4v) is 2.78. The monoisotopic (exact) mass is 331 g/mol. The number of aromatic nitrogens is 1. The van der Waals surface area contributed by atoms with Crippen LogP contribution in [0, 0.1) is 5.92 Å². The van der Waals surface area contributed by atoms with E-state index in [2.05, 4.69) is 34.8 Å². The number of rotatable bonds is 2. The summed E-state index contributed by atoms with van der Waals surface area (Å²) in [7, 11) is 0. The molecule has 4 heteroatoms. The number of benzene rings is 1. The molecule has 1 nitrogen and oxygen atoms in total. The van der Waals surface area contributed by atoms with Gasteiger partial charge >= 0.3 is 0 Å². The number of fused-ring (bicyclic) bond motifs is 1. The molecule has 0 spiro atoms. The highest BCUT2D eigenvalue weighted by Gasteiger charge is 2.13. The molecule has 0 bridgehead atoms. The summed E-state index contributed by atoms with van der Waals surface area (Å²) in [5, 5.41) is 2.18. The van der Waals surface area contributed by atoms with Crippen molar-refractivity contribution >= 4 is 50.0 Å². The maximum Gasteiger partial charge on any atom is 0.134 e. The Labute approximate surface area is 119 Å². The Bertz CT molecular complexity index is 567. The highest BCUT2D eigenvalue weighted by molar-refractivity contribution is 9.10. The minimum absolute atomic E-state index is 0.497. The Kier molecular flexibility index (Phi) is 3.96. The number of nitrogens with zero attached hydrogens (tertiary/aromatic N) is 1. The van der Waals surface area contributed by atoms with Crippen molar-refractivity contribution in [2.45, 2.75) is 20.3 Å². The molecule has 0 aliphatic carbocycles. The van der Waals surface area contributed by atoms with Gasteiger partial charge in [-0.25, -0.2) is 4.98 Å². The van der Waals surface area contributed by atoms with Gasteiger partial charge in [0.05, 0.1) is 10.5 Å². The summed E-state index contributed by atoms with van der Waals surface area (Å²) in [6.45, 7) is 4.27. The Morgan fingerprint density at radius 3 is 2.65 bits per heavy atom. The summed E-state index contributed by atoms with van der Waals surface area (Å²) in [5.74, 6) is 0.497. The minimum Gasteiger partial charge on any atom is -0.236 e. The second-order valence-electron chi connectivity index (χ2n) is 4.45. The predicted octanol–water partition coefficient (Wildman–Crippen LogP) is 5.50. The van der Waals surface area contributed by atoms with Crippen molar-refractivity contribution < 1.29 is 0 Å². The Morgan fingerprint density at radius 1 is 1.29 bits per heavy atom. The van der Waals surface area contributed by atoms with Gasteiger partial charge in [-0.05, 0) is 30.5 Å². The second kappa shape index (κ2) is 5.13. The number of pyridine rings is 1. The summed E-state index contributed by atoms with van der Waals surface area (Å²) in [6, 6.07) is 5.82. The number of halogens is 3. The minimum atomic E-state index is 0.497. The van der Waals surface area contributed by atoms with Crippen LogP contribution in [-0.2, 0) is 6.42 Å². The summed E-state index contributed by atoms with van der Waals surface area (Å²) in [6.07, 6.45) is 0.840. The average molecular weight is 333 g/mol. The van der Waals surface area contributed by atoms with Crippen LogP contribution < -0.4 is 0 Å². The van der Waals surface area contributed by atoms with Gasteiger partial charge in [-0.3, -0.25) is 0 Å². The van der Waals surface area contributed by atoms with Crippen molar-refractivity contribution in [1.82, 2.24) is 4.98 Å². The molecule has 1 heterocycles. The molecule has 0 saturated carbocycles. The molecule has 0 radical (unpaired) electrons. The maximum absolute atomic E-state index is 6.42. The summed E-state index contributed by atoms with van der Waals surface area (Å²) >= 11 is 16.0. The van der Waals surface area contributed by atoms with Crippen LogP contribution in [0.25, 0.3) is 10.9 Å². The lowest BCUT2D eigenvalue weighted by Gasteiger charge is -2.11. The van der Waals surface area contributed by atoms with E-state index in [1.807, 2.05) is 18.2 Å². The van der Waals surface area contributed by atoms with Gasteiger partial charge in [0.15, 0.2) is 0 Å². The van der Waals surface area contributed by atoms with Crippen LogP contribution in [0.15, 0.2) is 22.7 Å². The smallest absolute Gasteiger partial charge is 0.134 e. The van der Waals surface area contributed by atoms with Gasteiger partial charge in [0.1, 0.15) is 5.15 Å². The van der Waals surface area contributed by atoms with E-state index < -0.39 is 0 Å². The van der Waals surface area contributed by atoms with Crippen molar-refractivity contribution in [3.8, 4) is 0 Å². The third kappa shape index (κ3) is 2.75. The largest absolute Gasteiger partial charge is 0.236 e. The van der Waals surface area contributed by atoms with Gasteiger partial charge in [0.2, 0.25) is 0 Å². The molecule has 0 fully saturated rings. The zero-order valence-corrected chi connectivity index (χ0v) is 12.7. The molecular formula is C13H12BrCl2N. The van der Waals surface area contributed by atoms with Crippen molar-refractivity contribution in [3.05, 3.63) is 38.4 Å². The van der Waals surface area contributed by atoms with E-state index in [1.54, 1.807) is 0 Å². The first-order valence-corrected chi connectivity index (χ1v) is 6.97. The Balaban J connectivity index is 2.68. The maximum atomic E-state index is 6.42. The van der Waals surface area contributed by atoms with Crippen molar-refractivity contribution in [2.24, 2.45) is 5.92 Å². The summed E-state index contributed by atoms with van der Waals surface area (Å²) < 4.78 is 0.992. The Hall–Kier alpha value is -0.310. The molecule has 1 aromatic carbocycles. The first-order valence-electron chi connectivity index (χ1n) is 5.42. The van der Waals surface area contributed by atoms with Crippen LogP contribution in [0.1, 0.15) is 19.4 Å². The predicted molar refractivity (Wildman–Crippen MR) is 78.0 cm³/mol. The molecule has 2 rings (SSSR count). The molecule has 0 atom stereocenters. The fourth-order valence-electron chi connectivity index (χ4n) is 1.79. The van der Waals surface area contributed by atoms with Crippen molar-refractivity contribution in [3.63, 3.8) is 0 Å². The topological polar surface area (TPSA) is 12.9 Å². The highest BCUT2D eigenvalue weighted by atomic mass is 79.9. The zero-order chi connectivity index (χ0) is 12.6. The van der Waals surface area contributed by atoms with Gasteiger partial charge in [0.25, 0.3) is 0 Å². The van der Waals surface area contributed by atoms with Crippen LogP contribution in [0.4, 0.5) is 0 Å². The normalized spacial score (nSPS) is 11.4.